The Morgan fingerprint density at radius 2 is 2.25 bits per heavy atom. The molecule has 2 bridgehead atoms. The van der Waals surface area contributed by atoms with E-state index >= 15 is 0 Å². The summed E-state index contributed by atoms with van der Waals surface area (Å²) in [5.41, 5.74) is 1.42. The van der Waals surface area contributed by atoms with Gasteiger partial charge in [0.2, 0.25) is 5.91 Å². The topological polar surface area (TPSA) is 20.3 Å². The second kappa shape index (κ2) is 4.35. The van der Waals surface area contributed by atoms with E-state index in [-0.39, 0.29) is 5.41 Å². The maximum atomic E-state index is 13.1. The van der Waals surface area contributed by atoms with E-state index < -0.39 is 0 Å². The first-order chi connectivity index (χ1) is 9.55. The van der Waals surface area contributed by atoms with Crippen LogP contribution in [0.4, 0.5) is 0 Å². The van der Waals surface area contributed by atoms with Gasteiger partial charge in [0.05, 0.1) is 5.41 Å². The van der Waals surface area contributed by atoms with Crippen LogP contribution in [0.3, 0.4) is 0 Å². The Balaban J connectivity index is 1.58. The Labute approximate surface area is 122 Å². The second-order valence-corrected chi connectivity index (χ2v) is 8.25. The van der Waals surface area contributed by atoms with Gasteiger partial charge in [0, 0.05) is 13.1 Å². The molecule has 2 heteroatoms. The van der Waals surface area contributed by atoms with Crippen molar-refractivity contribution in [2.24, 2.45) is 29.1 Å². The minimum absolute atomic E-state index is 0.197. The Kier molecular flexibility index (Phi) is 2.81. The molecule has 1 amide bonds. The van der Waals surface area contributed by atoms with E-state index in [4.69, 9.17) is 0 Å². The van der Waals surface area contributed by atoms with Gasteiger partial charge in [0.1, 0.15) is 0 Å². The average Bonchev–Trinajstić information content (AvgIpc) is 2.64. The third-order valence-electron chi connectivity index (χ3n) is 6.42. The minimum Gasteiger partial charge on any atom is -0.342 e. The van der Waals surface area contributed by atoms with E-state index in [2.05, 4.69) is 24.8 Å². The first-order valence-corrected chi connectivity index (χ1v) is 8.56. The summed E-state index contributed by atoms with van der Waals surface area (Å²) in [7, 11) is 0. The van der Waals surface area contributed by atoms with Crippen molar-refractivity contribution in [2.75, 3.05) is 13.1 Å². The van der Waals surface area contributed by atoms with E-state index in [0.29, 0.717) is 11.8 Å². The van der Waals surface area contributed by atoms with Crippen LogP contribution in [0.25, 0.3) is 0 Å². The number of nitrogens with zero attached hydrogens (tertiary/aromatic N) is 1. The molecular weight excluding hydrogens is 246 g/mol. The molecule has 3 fully saturated rings. The summed E-state index contributed by atoms with van der Waals surface area (Å²) in [6, 6.07) is 0. The molecule has 0 radical (unpaired) electrons. The van der Waals surface area contributed by atoms with Gasteiger partial charge in [0.15, 0.2) is 0 Å². The molecule has 0 aromatic rings. The number of carbonyl (C=O) groups is 1. The fourth-order valence-electron chi connectivity index (χ4n) is 5.50. The maximum Gasteiger partial charge on any atom is 0.232 e. The molecule has 2 nitrogen and oxygen atoms in total. The highest BCUT2D eigenvalue weighted by Gasteiger charge is 2.51. The third-order valence-corrected chi connectivity index (χ3v) is 6.42. The van der Waals surface area contributed by atoms with Crippen molar-refractivity contribution in [1.29, 1.82) is 0 Å². The molecule has 2 saturated carbocycles. The number of rotatable bonds is 1. The molecule has 0 aromatic heterocycles. The van der Waals surface area contributed by atoms with E-state index in [9.17, 15) is 4.79 Å². The molecule has 3 aliphatic carbocycles. The molecule has 0 N–H and O–H groups in total. The molecular formula is C18H27NO. The minimum atomic E-state index is -0.197. The van der Waals surface area contributed by atoms with Crippen molar-refractivity contribution < 1.29 is 4.79 Å². The van der Waals surface area contributed by atoms with E-state index in [0.717, 1.165) is 37.3 Å². The highest BCUT2D eigenvalue weighted by Crippen LogP contribution is 2.59. The molecule has 5 atom stereocenters. The smallest absolute Gasteiger partial charge is 0.232 e. The Morgan fingerprint density at radius 1 is 1.40 bits per heavy atom. The van der Waals surface area contributed by atoms with Crippen LogP contribution < -0.4 is 0 Å². The number of allylic oxidation sites excluding steroid dienone is 1. The number of carbonyl (C=O) groups excluding carboxylic acids is 1. The SMILES string of the molecule is CC1CCCN(C(=O)C2(C)C=C3CC4CC(CC34)C2)C1. The molecule has 4 rings (SSSR count). The summed E-state index contributed by atoms with van der Waals surface area (Å²) in [5.74, 6) is 3.74. The predicted octanol–water partition coefficient (Wildman–Crippen LogP) is 3.63. The zero-order chi connectivity index (χ0) is 13.9. The predicted molar refractivity (Wildman–Crippen MR) is 80.1 cm³/mol. The average molecular weight is 273 g/mol. The van der Waals surface area contributed by atoms with Crippen molar-refractivity contribution in [3.63, 3.8) is 0 Å². The van der Waals surface area contributed by atoms with Gasteiger partial charge in [-0.15, -0.1) is 0 Å². The monoisotopic (exact) mass is 273 g/mol. The fraction of sp³-hybridized carbons (Fsp3) is 0.833. The van der Waals surface area contributed by atoms with Crippen LogP contribution in [0, 0.1) is 29.1 Å². The number of amides is 1. The van der Waals surface area contributed by atoms with Crippen molar-refractivity contribution in [3.05, 3.63) is 11.6 Å². The van der Waals surface area contributed by atoms with E-state index in [1.54, 1.807) is 5.57 Å². The Bertz CT molecular complexity index is 468. The van der Waals surface area contributed by atoms with Crippen molar-refractivity contribution >= 4 is 5.91 Å². The lowest BCUT2D eigenvalue weighted by Crippen LogP contribution is -2.47. The second-order valence-electron chi connectivity index (χ2n) is 8.25. The van der Waals surface area contributed by atoms with Crippen LogP contribution in [0.5, 0.6) is 0 Å². The van der Waals surface area contributed by atoms with Crippen molar-refractivity contribution in [1.82, 2.24) is 4.90 Å². The van der Waals surface area contributed by atoms with Crippen LogP contribution in [-0.4, -0.2) is 23.9 Å². The zero-order valence-electron chi connectivity index (χ0n) is 12.9. The van der Waals surface area contributed by atoms with Crippen LogP contribution in [0.1, 0.15) is 52.4 Å². The molecule has 1 heterocycles. The van der Waals surface area contributed by atoms with Gasteiger partial charge in [-0.05, 0) is 69.1 Å². The summed E-state index contributed by atoms with van der Waals surface area (Å²) in [5, 5.41) is 0. The normalized spacial score (nSPS) is 46.5. The lowest BCUT2D eigenvalue weighted by molar-refractivity contribution is -0.141. The summed E-state index contributed by atoms with van der Waals surface area (Å²) in [6.45, 7) is 6.47. The number of piperidine rings is 1. The summed E-state index contributed by atoms with van der Waals surface area (Å²) >= 11 is 0. The quantitative estimate of drug-likeness (QED) is 0.668. The Hall–Kier alpha value is -0.790. The molecule has 20 heavy (non-hydrogen) atoms. The zero-order valence-corrected chi connectivity index (χ0v) is 12.9. The number of likely N-dealkylation sites (tertiary alicyclic amines) is 1. The fourth-order valence-corrected chi connectivity index (χ4v) is 5.50. The highest BCUT2D eigenvalue weighted by atomic mass is 16.2. The molecule has 0 spiro atoms. The van der Waals surface area contributed by atoms with Gasteiger partial charge >= 0.3 is 0 Å². The summed E-state index contributed by atoms with van der Waals surface area (Å²) < 4.78 is 0. The lowest BCUT2D eigenvalue weighted by Gasteiger charge is -2.41. The first-order valence-electron chi connectivity index (χ1n) is 8.56. The molecule has 5 unspecified atom stereocenters. The standard InChI is InChI=1S/C18H27NO/c1-12-4-3-5-19(11-12)17(20)18(2)9-13-6-14-8-15(10-18)16(14)7-13/h10,12-14,16H,3-9,11H2,1-2H3. The van der Waals surface area contributed by atoms with Gasteiger partial charge in [-0.25, -0.2) is 0 Å². The lowest BCUT2D eigenvalue weighted by atomic mass is 9.67. The van der Waals surface area contributed by atoms with E-state index in [1.807, 2.05) is 0 Å². The molecule has 0 aromatic carbocycles. The van der Waals surface area contributed by atoms with Crippen LogP contribution >= 0.6 is 0 Å². The van der Waals surface area contributed by atoms with Gasteiger partial charge in [0.25, 0.3) is 0 Å². The number of hydrogen-bond acceptors (Lipinski definition) is 1. The number of hydrogen-bond donors (Lipinski definition) is 0. The van der Waals surface area contributed by atoms with E-state index in [1.165, 1.54) is 32.1 Å². The van der Waals surface area contributed by atoms with Gasteiger partial charge in [-0.3, -0.25) is 4.79 Å². The Morgan fingerprint density at radius 3 is 3.05 bits per heavy atom. The third kappa shape index (κ3) is 1.87. The molecule has 110 valence electrons. The summed E-state index contributed by atoms with van der Waals surface area (Å²) in [4.78, 5) is 15.3. The van der Waals surface area contributed by atoms with Gasteiger partial charge in [-0.2, -0.15) is 0 Å². The first kappa shape index (κ1) is 12.9. The van der Waals surface area contributed by atoms with Crippen LogP contribution in [0.2, 0.25) is 0 Å². The molecule has 1 saturated heterocycles. The highest BCUT2D eigenvalue weighted by molar-refractivity contribution is 5.85. The maximum absolute atomic E-state index is 13.1. The van der Waals surface area contributed by atoms with Gasteiger partial charge in [-0.1, -0.05) is 18.6 Å². The molecule has 1 aliphatic heterocycles. The van der Waals surface area contributed by atoms with Crippen LogP contribution in [-0.2, 0) is 4.79 Å². The largest absolute Gasteiger partial charge is 0.342 e. The number of fused-ring (bicyclic) bond motifs is 1. The van der Waals surface area contributed by atoms with Gasteiger partial charge < -0.3 is 4.90 Å². The molecule has 4 aliphatic rings. The van der Waals surface area contributed by atoms with Crippen molar-refractivity contribution in [2.45, 2.75) is 52.4 Å². The summed E-state index contributed by atoms with van der Waals surface area (Å²) in [6.07, 6.45) is 10.0. The van der Waals surface area contributed by atoms with Crippen molar-refractivity contribution in [3.8, 4) is 0 Å². The van der Waals surface area contributed by atoms with Crippen LogP contribution in [0.15, 0.2) is 11.6 Å².